The molecule has 2 atom stereocenters. The van der Waals surface area contributed by atoms with Gasteiger partial charge in [0.05, 0.1) is 12.6 Å². The van der Waals surface area contributed by atoms with Gasteiger partial charge in [-0.2, -0.15) is 11.3 Å². The number of carbonyl (C=O) groups excluding carboxylic acids is 1. The number of nitrogens with one attached hydrogen (secondary N) is 1. The van der Waals surface area contributed by atoms with Crippen LogP contribution in [0.15, 0.2) is 41.1 Å². The highest BCUT2D eigenvalue weighted by atomic mass is 32.1. The Morgan fingerprint density at radius 1 is 1.36 bits per heavy atom. The predicted octanol–water partition coefficient (Wildman–Crippen LogP) is 4.62. The molecule has 1 aromatic carbocycles. The number of hydrogen-bond acceptors (Lipinski definition) is 3. The van der Waals surface area contributed by atoms with Gasteiger partial charge in [-0.15, -0.1) is 0 Å². The monoisotopic (exact) mass is 358 g/mol. The van der Waals surface area contributed by atoms with Crippen LogP contribution in [0.5, 0.6) is 5.75 Å². The van der Waals surface area contributed by atoms with E-state index >= 15 is 0 Å². The summed E-state index contributed by atoms with van der Waals surface area (Å²) in [6.45, 7) is 5.53. The van der Waals surface area contributed by atoms with E-state index in [-0.39, 0.29) is 18.1 Å². The van der Waals surface area contributed by atoms with Crippen molar-refractivity contribution in [2.24, 2.45) is 0 Å². The molecule has 1 fully saturated rings. The Bertz CT molecular complexity index is 670. The first-order valence-electron chi connectivity index (χ1n) is 8.98. The smallest absolute Gasteiger partial charge is 0.318 e. The van der Waals surface area contributed by atoms with Crippen LogP contribution in [0.25, 0.3) is 0 Å². The van der Waals surface area contributed by atoms with E-state index in [2.05, 4.69) is 41.2 Å². The number of rotatable bonds is 6. The van der Waals surface area contributed by atoms with Crippen LogP contribution in [0.1, 0.15) is 43.9 Å². The second-order valence-corrected chi connectivity index (χ2v) is 7.32. The second kappa shape index (κ2) is 8.39. The molecule has 0 spiro atoms. The Labute approximate surface area is 153 Å². The third kappa shape index (κ3) is 4.54. The molecule has 0 radical (unpaired) electrons. The fourth-order valence-electron chi connectivity index (χ4n) is 3.42. The number of carbonyl (C=O) groups is 1. The lowest BCUT2D eigenvalue weighted by Gasteiger charge is -2.27. The molecule has 134 valence electrons. The lowest BCUT2D eigenvalue weighted by atomic mass is 10.0. The third-order valence-corrected chi connectivity index (χ3v) is 5.31. The highest BCUT2D eigenvalue weighted by Crippen LogP contribution is 2.32. The maximum absolute atomic E-state index is 12.7. The first kappa shape index (κ1) is 17.8. The van der Waals surface area contributed by atoms with Crippen molar-refractivity contribution in [2.75, 3.05) is 13.2 Å². The molecule has 2 aromatic rings. The molecule has 3 rings (SSSR count). The number of amides is 2. The molecule has 2 heterocycles. The topological polar surface area (TPSA) is 41.6 Å². The largest absolute Gasteiger partial charge is 0.494 e. The zero-order valence-electron chi connectivity index (χ0n) is 14.9. The van der Waals surface area contributed by atoms with E-state index in [1.165, 1.54) is 11.1 Å². The van der Waals surface area contributed by atoms with Gasteiger partial charge in [0.1, 0.15) is 5.75 Å². The lowest BCUT2D eigenvalue weighted by Crippen LogP contribution is -2.44. The Morgan fingerprint density at radius 2 is 2.16 bits per heavy atom. The van der Waals surface area contributed by atoms with Gasteiger partial charge in [0, 0.05) is 12.6 Å². The summed E-state index contributed by atoms with van der Waals surface area (Å²) in [7, 11) is 0. The van der Waals surface area contributed by atoms with Crippen LogP contribution in [-0.2, 0) is 6.42 Å². The molecule has 1 N–H and O–H groups in total. The minimum atomic E-state index is 0.0408. The summed E-state index contributed by atoms with van der Waals surface area (Å²) in [4.78, 5) is 14.7. The first-order valence-corrected chi connectivity index (χ1v) is 9.92. The standard InChI is InChI=1S/C20H26N2O2S/c1-3-24-18-8-6-17(7-9-18)19-5-4-11-22(19)20(23)21-15(2)13-16-10-12-25-14-16/h6-10,12,14-15,19H,3-5,11,13H2,1-2H3,(H,21,23). The molecule has 25 heavy (non-hydrogen) atoms. The van der Waals surface area contributed by atoms with E-state index in [1.54, 1.807) is 11.3 Å². The van der Waals surface area contributed by atoms with Crippen molar-refractivity contribution >= 4 is 17.4 Å². The first-order chi connectivity index (χ1) is 12.2. The molecule has 0 aliphatic carbocycles. The maximum atomic E-state index is 12.7. The van der Waals surface area contributed by atoms with Gasteiger partial charge in [-0.05, 0) is 73.2 Å². The number of likely N-dealkylation sites (tertiary alicyclic amines) is 1. The van der Waals surface area contributed by atoms with Gasteiger partial charge >= 0.3 is 6.03 Å². The second-order valence-electron chi connectivity index (χ2n) is 6.54. The van der Waals surface area contributed by atoms with E-state index in [0.29, 0.717) is 6.61 Å². The van der Waals surface area contributed by atoms with Gasteiger partial charge in [0.15, 0.2) is 0 Å². The molecule has 0 bridgehead atoms. The Morgan fingerprint density at radius 3 is 2.84 bits per heavy atom. The van der Waals surface area contributed by atoms with Crippen LogP contribution in [0.2, 0.25) is 0 Å². The van der Waals surface area contributed by atoms with Crippen LogP contribution in [-0.4, -0.2) is 30.1 Å². The van der Waals surface area contributed by atoms with Crippen molar-refractivity contribution in [3.8, 4) is 5.75 Å². The van der Waals surface area contributed by atoms with Crippen LogP contribution in [0, 0.1) is 0 Å². The molecule has 5 heteroatoms. The van der Waals surface area contributed by atoms with Gasteiger partial charge < -0.3 is 15.0 Å². The molecule has 1 aromatic heterocycles. The number of ether oxygens (including phenoxy) is 1. The van der Waals surface area contributed by atoms with E-state index < -0.39 is 0 Å². The highest BCUT2D eigenvalue weighted by molar-refractivity contribution is 7.07. The van der Waals surface area contributed by atoms with Crippen molar-refractivity contribution in [1.82, 2.24) is 10.2 Å². The van der Waals surface area contributed by atoms with Crippen LogP contribution in [0.3, 0.4) is 0 Å². The zero-order chi connectivity index (χ0) is 17.6. The van der Waals surface area contributed by atoms with Gasteiger partial charge in [0.25, 0.3) is 0 Å². The van der Waals surface area contributed by atoms with E-state index in [1.807, 2.05) is 24.0 Å². The van der Waals surface area contributed by atoms with Crippen molar-refractivity contribution < 1.29 is 9.53 Å². The Kier molecular flexibility index (Phi) is 5.97. The number of thiophene rings is 1. The van der Waals surface area contributed by atoms with Crippen LogP contribution >= 0.6 is 11.3 Å². The quantitative estimate of drug-likeness (QED) is 0.818. The maximum Gasteiger partial charge on any atom is 0.318 e. The summed E-state index contributed by atoms with van der Waals surface area (Å²) in [5, 5.41) is 7.37. The number of urea groups is 1. The number of hydrogen-bond donors (Lipinski definition) is 1. The molecular formula is C20H26N2O2S. The average molecular weight is 359 g/mol. The normalized spacial score (nSPS) is 18.2. The number of benzene rings is 1. The van der Waals surface area contributed by atoms with E-state index in [9.17, 15) is 4.79 Å². The van der Waals surface area contributed by atoms with Crippen molar-refractivity contribution in [2.45, 2.75) is 45.2 Å². The lowest BCUT2D eigenvalue weighted by molar-refractivity contribution is 0.189. The molecule has 4 nitrogen and oxygen atoms in total. The minimum absolute atomic E-state index is 0.0408. The van der Waals surface area contributed by atoms with Gasteiger partial charge in [-0.25, -0.2) is 4.79 Å². The third-order valence-electron chi connectivity index (χ3n) is 4.58. The fraction of sp³-hybridized carbons (Fsp3) is 0.450. The molecule has 1 saturated heterocycles. The summed E-state index contributed by atoms with van der Waals surface area (Å²) >= 11 is 1.69. The van der Waals surface area contributed by atoms with Gasteiger partial charge in [-0.3, -0.25) is 0 Å². The van der Waals surface area contributed by atoms with Crippen molar-refractivity contribution in [3.63, 3.8) is 0 Å². The molecule has 2 unspecified atom stereocenters. The summed E-state index contributed by atoms with van der Waals surface area (Å²) in [6, 6.07) is 10.6. The minimum Gasteiger partial charge on any atom is -0.494 e. The van der Waals surface area contributed by atoms with Gasteiger partial charge in [-0.1, -0.05) is 12.1 Å². The van der Waals surface area contributed by atoms with E-state index in [0.717, 1.165) is 31.6 Å². The van der Waals surface area contributed by atoms with Crippen molar-refractivity contribution in [3.05, 3.63) is 52.2 Å². The van der Waals surface area contributed by atoms with E-state index in [4.69, 9.17) is 4.74 Å². The molecule has 1 aliphatic rings. The fourth-order valence-corrected chi connectivity index (χ4v) is 4.10. The summed E-state index contributed by atoms with van der Waals surface area (Å²) in [6.07, 6.45) is 2.93. The summed E-state index contributed by atoms with van der Waals surface area (Å²) in [5.74, 6) is 0.879. The summed E-state index contributed by atoms with van der Waals surface area (Å²) < 4.78 is 5.51. The highest BCUT2D eigenvalue weighted by Gasteiger charge is 2.30. The molecule has 2 amide bonds. The van der Waals surface area contributed by atoms with Crippen LogP contribution < -0.4 is 10.1 Å². The molecule has 0 saturated carbocycles. The zero-order valence-corrected chi connectivity index (χ0v) is 15.7. The average Bonchev–Trinajstić information content (AvgIpc) is 3.27. The number of nitrogens with zero attached hydrogens (tertiary/aromatic N) is 1. The molecular weight excluding hydrogens is 332 g/mol. The Balaban J connectivity index is 1.61. The van der Waals surface area contributed by atoms with Gasteiger partial charge in [0.2, 0.25) is 0 Å². The molecule has 1 aliphatic heterocycles. The SMILES string of the molecule is CCOc1ccc(C2CCCN2C(=O)NC(C)Cc2ccsc2)cc1. The van der Waals surface area contributed by atoms with Crippen molar-refractivity contribution in [1.29, 1.82) is 0 Å². The van der Waals surface area contributed by atoms with Crippen LogP contribution in [0.4, 0.5) is 4.79 Å². The Hall–Kier alpha value is -2.01. The summed E-state index contributed by atoms with van der Waals surface area (Å²) in [5.41, 5.74) is 2.46. The predicted molar refractivity (Wildman–Crippen MR) is 102 cm³/mol.